The Hall–Kier alpha value is -1.39. The molecule has 0 saturated heterocycles. The van der Waals surface area contributed by atoms with Crippen molar-refractivity contribution in [2.45, 2.75) is 32.2 Å². The second-order valence-electron chi connectivity index (χ2n) is 3.97. The third kappa shape index (κ3) is 2.40. The SMILES string of the molecule is O=C(O)CCC(O)c1ccc2c(c1)COC2. The molecular weight excluding hydrogens is 208 g/mol. The molecule has 1 unspecified atom stereocenters. The van der Waals surface area contributed by atoms with Gasteiger partial charge in [-0.1, -0.05) is 18.2 Å². The van der Waals surface area contributed by atoms with E-state index in [1.807, 2.05) is 18.2 Å². The van der Waals surface area contributed by atoms with E-state index >= 15 is 0 Å². The average molecular weight is 222 g/mol. The Kier molecular flexibility index (Phi) is 3.22. The van der Waals surface area contributed by atoms with Gasteiger partial charge in [-0.3, -0.25) is 4.79 Å². The van der Waals surface area contributed by atoms with Gasteiger partial charge in [0.25, 0.3) is 0 Å². The van der Waals surface area contributed by atoms with E-state index in [1.54, 1.807) is 0 Å². The predicted octanol–water partition coefficient (Wildman–Crippen LogP) is 1.61. The maximum atomic E-state index is 10.4. The molecule has 1 aliphatic heterocycles. The highest BCUT2D eigenvalue weighted by Gasteiger charge is 2.15. The lowest BCUT2D eigenvalue weighted by Gasteiger charge is -2.10. The van der Waals surface area contributed by atoms with Crippen LogP contribution >= 0.6 is 0 Å². The van der Waals surface area contributed by atoms with Crippen LogP contribution in [0.25, 0.3) is 0 Å². The number of ether oxygens (including phenoxy) is 1. The summed E-state index contributed by atoms with van der Waals surface area (Å²) in [5.74, 6) is -0.886. The molecular formula is C12H14O4. The van der Waals surface area contributed by atoms with Crippen molar-refractivity contribution in [3.05, 3.63) is 34.9 Å². The largest absolute Gasteiger partial charge is 0.481 e. The average Bonchev–Trinajstić information content (AvgIpc) is 2.72. The summed E-state index contributed by atoms with van der Waals surface area (Å²) in [6.45, 7) is 1.20. The Balaban J connectivity index is 2.06. The fraction of sp³-hybridized carbons (Fsp3) is 0.417. The van der Waals surface area contributed by atoms with E-state index in [1.165, 1.54) is 0 Å². The smallest absolute Gasteiger partial charge is 0.303 e. The van der Waals surface area contributed by atoms with Crippen LogP contribution in [0, 0.1) is 0 Å². The number of hydrogen-bond acceptors (Lipinski definition) is 3. The maximum absolute atomic E-state index is 10.4. The molecule has 0 bridgehead atoms. The number of hydrogen-bond donors (Lipinski definition) is 2. The molecule has 0 radical (unpaired) electrons. The number of rotatable bonds is 4. The van der Waals surface area contributed by atoms with Gasteiger partial charge in [-0.15, -0.1) is 0 Å². The number of aliphatic carboxylic acids is 1. The van der Waals surface area contributed by atoms with Crippen LogP contribution in [0.15, 0.2) is 18.2 Å². The fourth-order valence-electron chi connectivity index (χ4n) is 1.83. The second kappa shape index (κ2) is 4.63. The molecule has 1 heterocycles. The van der Waals surface area contributed by atoms with Gasteiger partial charge in [-0.2, -0.15) is 0 Å². The van der Waals surface area contributed by atoms with Crippen molar-refractivity contribution >= 4 is 5.97 Å². The highest BCUT2D eigenvalue weighted by Crippen LogP contribution is 2.25. The second-order valence-corrected chi connectivity index (χ2v) is 3.97. The zero-order chi connectivity index (χ0) is 11.5. The van der Waals surface area contributed by atoms with E-state index in [2.05, 4.69) is 0 Å². The van der Waals surface area contributed by atoms with E-state index in [9.17, 15) is 9.90 Å². The summed E-state index contributed by atoms with van der Waals surface area (Å²) in [6.07, 6.45) is -0.481. The van der Waals surface area contributed by atoms with Gasteiger partial charge >= 0.3 is 5.97 Å². The summed E-state index contributed by atoms with van der Waals surface area (Å²) < 4.78 is 5.27. The van der Waals surface area contributed by atoms with Gasteiger partial charge < -0.3 is 14.9 Å². The maximum Gasteiger partial charge on any atom is 0.303 e. The first-order valence-electron chi connectivity index (χ1n) is 5.26. The first-order valence-corrected chi connectivity index (χ1v) is 5.26. The van der Waals surface area contributed by atoms with Gasteiger partial charge in [0.2, 0.25) is 0 Å². The number of carbonyl (C=O) groups is 1. The standard InChI is InChI=1S/C12H14O4/c13-11(3-4-12(14)15)8-1-2-9-6-16-7-10(9)5-8/h1-2,5,11,13H,3-4,6-7H2,(H,14,15). The lowest BCUT2D eigenvalue weighted by atomic mass is 10.00. The molecule has 0 aromatic heterocycles. The van der Waals surface area contributed by atoms with E-state index in [-0.39, 0.29) is 12.8 Å². The van der Waals surface area contributed by atoms with Gasteiger partial charge in [0, 0.05) is 6.42 Å². The van der Waals surface area contributed by atoms with Gasteiger partial charge in [0.1, 0.15) is 0 Å². The molecule has 0 spiro atoms. The van der Waals surface area contributed by atoms with Crippen molar-refractivity contribution in [3.63, 3.8) is 0 Å². The molecule has 86 valence electrons. The summed E-state index contributed by atoms with van der Waals surface area (Å²) in [5.41, 5.74) is 3.01. The zero-order valence-electron chi connectivity index (χ0n) is 8.85. The van der Waals surface area contributed by atoms with Crippen LogP contribution < -0.4 is 0 Å². The Labute approximate surface area is 93.5 Å². The van der Waals surface area contributed by atoms with Crippen molar-refractivity contribution < 1.29 is 19.7 Å². The van der Waals surface area contributed by atoms with E-state index < -0.39 is 12.1 Å². The number of carboxylic acids is 1. The molecule has 1 aromatic carbocycles. The van der Waals surface area contributed by atoms with E-state index in [0.29, 0.717) is 13.2 Å². The van der Waals surface area contributed by atoms with Crippen LogP contribution in [0.4, 0.5) is 0 Å². The van der Waals surface area contributed by atoms with Crippen molar-refractivity contribution in [1.29, 1.82) is 0 Å². The van der Waals surface area contributed by atoms with E-state index in [0.717, 1.165) is 16.7 Å². The molecule has 4 nitrogen and oxygen atoms in total. The molecule has 0 fully saturated rings. The molecule has 1 aromatic rings. The monoisotopic (exact) mass is 222 g/mol. The topological polar surface area (TPSA) is 66.8 Å². The van der Waals surface area contributed by atoms with Gasteiger partial charge in [-0.05, 0) is 23.1 Å². The normalized spacial score (nSPS) is 15.8. The van der Waals surface area contributed by atoms with E-state index in [4.69, 9.17) is 9.84 Å². The summed E-state index contributed by atoms with van der Waals surface area (Å²) in [5, 5.41) is 18.3. The van der Waals surface area contributed by atoms with Crippen LogP contribution in [0.3, 0.4) is 0 Å². The highest BCUT2D eigenvalue weighted by atomic mass is 16.5. The third-order valence-corrected chi connectivity index (χ3v) is 2.76. The Morgan fingerprint density at radius 1 is 1.38 bits per heavy atom. The Morgan fingerprint density at radius 3 is 2.88 bits per heavy atom. The molecule has 2 rings (SSSR count). The molecule has 0 saturated carbocycles. The molecule has 1 atom stereocenters. The first-order chi connectivity index (χ1) is 7.66. The fourth-order valence-corrected chi connectivity index (χ4v) is 1.83. The van der Waals surface area contributed by atoms with Crippen molar-refractivity contribution in [2.24, 2.45) is 0 Å². The molecule has 1 aliphatic rings. The lowest BCUT2D eigenvalue weighted by molar-refractivity contribution is -0.137. The highest BCUT2D eigenvalue weighted by molar-refractivity contribution is 5.66. The minimum Gasteiger partial charge on any atom is -0.481 e. The number of aliphatic hydroxyl groups excluding tert-OH is 1. The van der Waals surface area contributed by atoms with Crippen LogP contribution in [0.1, 0.15) is 35.6 Å². The van der Waals surface area contributed by atoms with Crippen LogP contribution in [0.2, 0.25) is 0 Å². The number of carboxylic acid groups (broad SMARTS) is 1. The van der Waals surface area contributed by atoms with Gasteiger partial charge in [0.05, 0.1) is 19.3 Å². The quantitative estimate of drug-likeness (QED) is 0.812. The zero-order valence-corrected chi connectivity index (χ0v) is 8.85. The molecule has 16 heavy (non-hydrogen) atoms. The first kappa shape index (κ1) is 11.1. The molecule has 0 aliphatic carbocycles. The molecule has 4 heteroatoms. The van der Waals surface area contributed by atoms with Gasteiger partial charge in [-0.25, -0.2) is 0 Å². The van der Waals surface area contributed by atoms with Crippen molar-refractivity contribution in [1.82, 2.24) is 0 Å². The summed E-state index contributed by atoms with van der Waals surface area (Å²) >= 11 is 0. The predicted molar refractivity (Wildman–Crippen MR) is 56.8 cm³/mol. The van der Waals surface area contributed by atoms with Crippen molar-refractivity contribution in [2.75, 3.05) is 0 Å². The van der Waals surface area contributed by atoms with Crippen LogP contribution in [-0.4, -0.2) is 16.2 Å². The minimum atomic E-state index is -0.886. The number of fused-ring (bicyclic) bond motifs is 1. The van der Waals surface area contributed by atoms with Crippen LogP contribution in [-0.2, 0) is 22.7 Å². The molecule has 2 N–H and O–H groups in total. The Morgan fingerprint density at radius 2 is 2.12 bits per heavy atom. The van der Waals surface area contributed by atoms with Crippen molar-refractivity contribution in [3.8, 4) is 0 Å². The third-order valence-electron chi connectivity index (χ3n) is 2.76. The summed E-state index contributed by atoms with van der Waals surface area (Å²) in [6, 6.07) is 5.66. The van der Waals surface area contributed by atoms with Gasteiger partial charge in [0.15, 0.2) is 0 Å². The van der Waals surface area contributed by atoms with Crippen LogP contribution in [0.5, 0.6) is 0 Å². The molecule has 0 amide bonds. The Bertz CT molecular complexity index is 400. The summed E-state index contributed by atoms with van der Waals surface area (Å²) in [4.78, 5) is 10.4. The lowest BCUT2D eigenvalue weighted by Crippen LogP contribution is -2.03. The summed E-state index contributed by atoms with van der Waals surface area (Å²) in [7, 11) is 0. The minimum absolute atomic E-state index is 0.0191. The number of benzene rings is 1. The number of aliphatic hydroxyl groups is 1.